The number of hydrogen-bond acceptors (Lipinski definition) is 14. The highest BCUT2D eigenvalue weighted by Gasteiger charge is 2.43. The molecule has 6 atom stereocenters. The van der Waals surface area contributed by atoms with Crippen LogP contribution in [-0.2, 0) is 45.8 Å². The highest BCUT2D eigenvalue weighted by Crippen LogP contribution is 2.66. The number of carbonyl (C=O) groups is 2. The maximum atomic E-state index is 12.5. The van der Waals surface area contributed by atoms with E-state index >= 15 is 0 Å². The molecule has 0 aromatic carbocycles. The van der Waals surface area contributed by atoms with Gasteiger partial charge >= 0.3 is 35.3 Å². The minimum Gasteiger partial charge on any atom is -0.446 e. The predicted octanol–water partition coefficient (Wildman–Crippen LogP) is 0.680. The van der Waals surface area contributed by atoms with Crippen LogP contribution in [0.3, 0.4) is 0 Å². The van der Waals surface area contributed by atoms with E-state index < -0.39 is 65.9 Å². The number of aromatic nitrogens is 2. The zero-order valence-electron chi connectivity index (χ0n) is 27.0. The third-order valence-electron chi connectivity index (χ3n) is 7.02. The van der Waals surface area contributed by atoms with Gasteiger partial charge < -0.3 is 49.5 Å². The van der Waals surface area contributed by atoms with Crippen LogP contribution in [0, 0.1) is 0 Å². The summed E-state index contributed by atoms with van der Waals surface area (Å²) in [6.45, 7) is -0.490. The van der Waals surface area contributed by atoms with Crippen LogP contribution >= 0.6 is 23.5 Å². The van der Waals surface area contributed by atoms with Crippen molar-refractivity contribution in [3.8, 4) is 0 Å². The quantitative estimate of drug-likeness (QED) is 0.0576. The first-order valence-corrected chi connectivity index (χ1v) is 20.0. The van der Waals surface area contributed by atoms with Crippen LogP contribution in [0.2, 0.25) is 0 Å². The van der Waals surface area contributed by atoms with Gasteiger partial charge in [-0.1, -0.05) is 24.3 Å². The van der Waals surface area contributed by atoms with Gasteiger partial charge in [0.1, 0.15) is 18.4 Å². The van der Waals surface area contributed by atoms with E-state index in [0.717, 1.165) is 42.9 Å². The monoisotopic (exact) mass is 790 g/mol. The largest absolute Gasteiger partial charge is 0.490 e. The number of amides is 2. The summed E-state index contributed by atoms with van der Waals surface area (Å²) in [5, 5.41) is 15.5. The van der Waals surface area contributed by atoms with Crippen LogP contribution < -0.4 is 21.9 Å². The lowest BCUT2D eigenvalue weighted by molar-refractivity contribution is -0.121. The van der Waals surface area contributed by atoms with Gasteiger partial charge in [-0.15, -0.1) is 0 Å². The number of nitrogens with one attached hydrogen (secondary N) is 3. The number of aliphatic hydroxyl groups excluding tert-OH is 1. The summed E-state index contributed by atoms with van der Waals surface area (Å²) in [5.74, 6) is -0.361. The SMILES string of the molecule is O=C(CCOCCNC(=O)OC1CC/C=C/CCC1)NC/C=C/c1cn(C2CC(O)C(COP(=O)(O)OP(=O)(O)OP(=O)(O)O)O2)c(=O)[nH]c1=O. The number of aromatic amines is 1. The number of nitrogens with zero attached hydrogens (tertiary/aromatic N) is 1. The molecular weight excluding hydrogens is 749 g/mol. The highest BCUT2D eigenvalue weighted by atomic mass is 31.3. The molecule has 1 fully saturated rings. The van der Waals surface area contributed by atoms with Gasteiger partial charge in [0.15, 0.2) is 0 Å². The second-order valence-electron chi connectivity index (χ2n) is 11.1. The van der Waals surface area contributed by atoms with Gasteiger partial charge in [0, 0.05) is 32.1 Å². The topological polar surface area (TPSA) is 321 Å². The summed E-state index contributed by atoms with van der Waals surface area (Å²) in [4.78, 5) is 87.0. The normalized spacial score (nSPS) is 24.2. The molecule has 25 heteroatoms. The van der Waals surface area contributed by atoms with Gasteiger partial charge in [-0.3, -0.25) is 23.7 Å². The number of alkyl carbamates (subject to hydrolysis) is 1. The second-order valence-corrected chi connectivity index (χ2v) is 15.5. The van der Waals surface area contributed by atoms with Crippen LogP contribution in [-0.4, -0.2) is 97.5 Å². The number of carbonyl (C=O) groups excluding carboxylic acids is 2. The molecule has 8 N–H and O–H groups in total. The summed E-state index contributed by atoms with van der Waals surface area (Å²) < 4.78 is 63.1. The Balaban J connectivity index is 1.39. The Morgan fingerprint density at radius 3 is 2.51 bits per heavy atom. The Kier molecular flexibility index (Phi) is 16.6. The van der Waals surface area contributed by atoms with Crippen LogP contribution in [0.5, 0.6) is 0 Å². The molecule has 6 unspecified atom stereocenters. The average molecular weight is 791 g/mol. The molecule has 1 aliphatic carbocycles. The molecule has 0 saturated carbocycles. The van der Waals surface area contributed by atoms with Crippen molar-refractivity contribution in [2.24, 2.45) is 0 Å². The maximum absolute atomic E-state index is 12.5. The smallest absolute Gasteiger partial charge is 0.446 e. The number of aliphatic hydroxyl groups is 1. The van der Waals surface area contributed by atoms with E-state index in [1.165, 1.54) is 12.2 Å². The van der Waals surface area contributed by atoms with Crippen molar-refractivity contribution in [2.75, 3.05) is 32.9 Å². The molecule has 288 valence electrons. The number of phosphoric acid groups is 3. The summed E-state index contributed by atoms with van der Waals surface area (Å²) in [6.07, 6.45) is 7.45. The summed E-state index contributed by atoms with van der Waals surface area (Å²) in [7, 11) is -16.9. The summed E-state index contributed by atoms with van der Waals surface area (Å²) >= 11 is 0. The minimum atomic E-state index is -5.76. The lowest BCUT2D eigenvalue weighted by atomic mass is 10.0. The van der Waals surface area contributed by atoms with Crippen molar-refractivity contribution in [1.29, 1.82) is 0 Å². The van der Waals surface area contributed by atoms with Crippen molar-refractivity contribution in [3.63, 3.8) is 0 Å². The number of hydrogen-bond donors (Lipinski definition) is 8. The second kappa shape index (κ2) is 19.9. The van der Waals surface area contributed by atoms with Gasteiger partial charge in [-0.05, 0) is 32.1 Å². The van der Waals surface area contributed by atoms with Crippen LogP contribution in [0.25, 0.3) is 6.08 Å². The number of allylic oxidation sites excluding steroid dienone is 2. The molecule has 3 rings (SSSR count). The number of H-pyrrole nitrogens is 1. The number of rotatable bonds is 18. The lowest BCUT2D eigenvalue weighted by Gasteiger charge is -2.19. The van der Waals surface area contributed by atoms with Crippen LogP contribution in [0.4, 0.5) is 4.79 Å². The molecule has 1 saturated heterocycles. The Morgan fingerprint density at radius 1 is 1.02 bits per heavy atom. The molecule has 2 amide bonds. The molecule has 1 aromatic rings. The fourth-order valence-electron chi connectivity index (χ4n) is 4.72. The fourth-order valence-corrected chi connectivity index (χ4v) is 7.75. The van der Waals surface area contributed by atoms with E-state index in [0.29, 0.717) is 0 Å². The van der Waals surface area contributed by atoms with Crippen molar-refractivity contribution in [3.05, 3.63) is 50.8 Å². The molecule has 0 bridgehead atoms. The molecule has 22 nitrogen and oxygen atoms in total. The Labute approximate surface area is 290 Å². The molecule has 1 aromatic heterocycles. The first-order valence-electron chi connectivity index (χ1n) is 15.5. The Morgan fingerprint density at radius 2 is 1.76 bits per heavy atom. The van der Waals surface area contributed by atoms with Crippen molar-refractivity contribution >= 4 is 41.5 Å². The van der Waals surface area contributed by atoms with Crippen LogP contribution in [0.15, 0.2) is 34.0 Å². The Hall–Kier alpha value is -2.81. The lowest BCUT2D eigenvalue weighted by Crippen LogP contribution is -2.33. The minimum absolute atomic E-state index is 0.00304. The fraction of sp³-hybridized carbons (Fsp3) is 0.615. The van der Waals surface area contributed by atoms with E-state index in [9.17, 15) is 47.8 Å². The zero-order valence-corrected chi connectivity index (χ0v) is 29.7. The molecule has 0 radical (unpaired) electrons. The third-order valence-corrected chi connectivity index (χ3v) is 10.8. The molecule has 2 aliphatic rings. The average Bonchev–Trinajstić information content (AvgIpc) is 3.36. The first-order chi connectivity index (χ1) is 23.9. The molecule has 1 aliphatic heterocycles. The predicted molar refractivity (Wildman–Crippen MR) is 174 cm³/mol. The van der Waals surface area contributed by atoms with Gasteiger partial charge in [0.2, 0.25) is 5.91 Å². The number of ether oxygens (including phenoxy) is 3. The van der Waals surface area contributed by atoms with E-state index in [-0.39, 0.29) is 56.7 Å². The van der Waals surface area contributed by atoms with Crippen molar-refractivity contribution in [1.82, 2.24) is 20.2 Å². The molecule has 2 heterocycles. The summed E-state index contributed by atoms with van der Waals surface area (Å²) in [5.41, 5.74) is -1.76. The molecular formula is C26H41N4O18P3. The van der Waals surface area contributed by atoms with Crippen molar-refractivity contribution < 1.29 is 75.3 Å². The third kappa shape index (κ3) is 16.2. The van der Waals surface area contributed by atoms with Gasteiger partial charge in [-0.25, -0.2) is 23.3 Å². The highest BCUT2D eigenvalue weighted by molar-refractivity contribution is 7.66. The van der Waals surface area contributed by atoms with E-state index in [4.69, 9.17) is 24.0 Å². The van der Waals surface area contributed by atoms with Gasteiger partial charge in [0.25, 0.3) is 5.56 Å². The standard InChI is InChI=1S/C26H41N4O18P3/c31-20-15-23(46-21(20)17-44-50(39,40)48-51(41,42)47-49(36,37)38)30-16-18(24(33)29-25(30)34)7-6-11-27-22(32)10-13-43-14-12-28-26(35)45-19-8-4-2-1-3-5-9-19/h1-2,6-7,16,19-21,23,31H,3-5,8-15,17H2,(H,27,32)(H,28,35)(H,39,40)(H,41,42)(H,29,33,34)(H2,36,37,38)/b2-1+,7-6+. The zero-order chi connectivity index (χ0) is 37.7. The Bertz CT molecular complexity index is 1660. The van der Waals surface area contributed by atoms with E-state index in [2.05, 4.69) is 40.9 Å². The van der Waals surface area contributed by atoms with Crippen molar-refractivity contribution in [2.45, 2.75) is 69.5 Å². The van der Waals surface area contributed by atoms with Crippen LogP contribution in [0.1, 0.15) is 56.7 Å². The van der Waals surface area contributed by atoms with Gasteiger partial charge in [0.05, 0.1) is 31.5 Å². The van der Waals surface area contributed by atoms with E-state index in [1.54, 1.807) is 0 Å². The first kappa shape index (κ1) is 42.6. The van der Waals surface area contributed by atoms with E-state index in [1.807, 2.05) is 0 Å². The molecule has 51 heavy (non-hydrogen) atoms. The number of phosphoric ester groups is 1. The summed E-state index contributed by atoms with van der Waals surface area (Å²) in [6, 6.07) is 0. The van der Waals surface area contributed by atoms with Gasteiger partial charge in [-0.2, -0.15) is 8.62 Å². The molecule has 0 spiro atoms. The maximum Gasteiger partial charge on any atom is 0.490 e.